The summed E-state index contributed by atoms with van der Waals surface area (Å²) in [5.74, 6) is -1.16. The third-order valence-corrected chi connectivity index (χ3v) is 9.85. The van der Waals surface area contributed by atoms with Crippen molar-refractivity contribution in [2.24, 2.45) is 5.92 Å². The van der Waals surface area contributed by atoms with Crippen molar-refractivity contribution in [3.05, 3.63) is 88.7 Å². The van der Waals surface area contributed by atoms with Crippen LogP contribution in [0.5, 0.6) is 0 Å². The number of nitrogens with one attached hydrogen (secondary N) is 1. The minimum atomic E-state index is -4.07. The Kier molecular flexibility index (Phi) is 9.88. The fraction of sp³-hybridized carbons (Fsp3) is 0.424. The second-order valence-corrected chi connectivity index (χ2v) is 14.2. The molecule has 1 atom stereocenters. The molecule has 0 saturated heterocycles. The lowest BCUT2D eigenvalue weighted by Crippen LogP contribution is -2.47. The lowest BCUT2D eigenvalue weighted by atomic mass is 9.88. The molecule has 0 fully saturated rings. The lowest BCUT2D eigenvalue weighted by molar-refractivity contribution is -0.136. The van der Waals surface area contributed by atoms with Crippen LogP contribution in [0.3, 0.4) is 0 Å². The molecular weight excluding hydrogens is 555 g/mol. The number of likely N-dealkylation sites (N-methyl/N-ethyl adjacent to an activating group) is 1. The highest BCUT2D eigenvalue weighted by atomic mass is 32.2. The van der Waals surface area contributed by atoms with Gasteiger partial charge in [0.2, 0.25) is 10.0 Å². The molecule has 9 heteroatoms. The van der Waals surface area contributed by atoms with Crippen LogP contribution in [0.2, 0.25) is 0 Å². The van der Waals surface area contributed by atoms with Gasteiger partial charge in [0, 0.05) is 37.7 Å². The minimum absolute atomic E-state index is 0.0991. The predicted molar refractivity (Wildman–Crippen MR) is 162 cm³/mol. The first-order valence-corrected chi connectivity index (χ1v) is 15.8. The van der Waals surface area contributed by atoms with E-state index in [1.807, 2.05) is 13.0 Å². The largest absolute Gasteiger partial charge is 0.481 e. The summed E-state index contributed by atoms with van der Waals surface area (Å²) in [6.07, 6.45) is 2.16. The van der Waals surface area contributed by atoms with Gasteiger partial charge in [-0.15, -0.1) is 0 Å². The Hall–Kier alpha value is -3.11. The second-order valence-electron chi connectivity index (χ2n) is 12.1. The van der Waals surface area contributed by atoms with E-state index in [-0.39, 0.29) is 41.9 Å². The zero-order valence-electron chi connectivity index (χ0n) is 24.7. The van der Waals surface area contributed by atoms with Gasteiger partial charge in [0.25, 0.3) is 0 Å². The molecule has 0 aliphatic heterocycles. The van der Waals surface area contributed by atoms with Crippen molar-refractivity contribution in [1.82, 2.24) is 9.62 Å². The molecule has 3 aromatic carbocycles. The van der Waals surface area contributed by atoms with E-state index in [9.17, 15) is 18.3 Å². The number of carbonyl (C=O) groups is 1. The molecule has 3 N–H and O–H groups in total. The van der Waals surface area contributed by atoms with Gasteiger partial charge in [-0.3, -0.25) is 4.79 Å². The summed E-state index contributed by atoms with van der Waals surface area (Å²) < 4.78 is 42.9. The number of fused-ring (bicyclic) bond motifs is 1. The number of β-amino-alcohol motifs (C(OH)–C–C–N with tert-alkyl or cyclic N) is 1. The number of rotatable bonds is 13. The van der Waals surface area contributed by atoms with E-state index in [4.69, 9.17) is 5.11 Å². The van der Waals surface area contributed by atoms with Crippen LogP contribution in [0.25, 0.3) is 11.1 Å². The molecule has 0 radical (unpaired) electrons. The SMILES string of the molecule is Cc1ccc(CCC(=O)O)c(-c2ccc(S(=O)(=O)N(C)CC(O)CNC(C)(C)CC3Cc4ccccc4C3)cc2F)c1. The van der Waals surface area contributed by atoms with Crippen LogP contribution in [0.1, 0.15) is 48.9 Å². The van der Waals surface area contributed by atoms with Crippen LogP contribution in [-0.2, 0) is 34.1 Å². The Labute approximate surface area is 248 Å². The number of sulfonamides is 1. The molecule has 7 nitrogen and oxygen atoms in total. The first-order valence-electron chi connectivity index (χ1n) is 14.3. The van der Waals surface area contributed by atoms with Crippen molar-refractivity contribution in [2.45, 2.75) is 69.4 Å². The number of carboxylic acids is 1. The average molecular weight is 597 g/mol. The van der Waals surface area contributed by atoms with Gasteiger partial charge in [-0.2, -0.15) is 4.31 Å². The summed E-state index contributed by atoms with van der Waals surface area (Å²) in [6.45, 7) is 6.10. The van der Waals surface area contributed by atoms with Gasteiger partial charge in [-0.1, -0.05) is 54.1 Å². The number of nitrogens with zero attached hydrogens (tertiary/aromatic N) is 1. The first-order chi connectivity index (χ1) is 19.7. The number of carboxylic acid groups (broad SMARTS) is 1. The van der Waals surface area contributed by atoms with Crippen molar-refractivity contribution in [3.8, 4) is 11.1 Å². The predicted octanol–water partition coefficient (Wildman–Crippen LogP) is 4.97. The Balaban J connectivity index is 1.38. The highest BCUT2D eigenvalue weighted by molar-refractivity contribution is 7.89. The molecule has 4 rings (SSSR count). The highest BCUT2D eigenvalue weighted by Crippen LogP contribution is 2.33. The molecule has 0 aromatic heterocycles. The highest BCUT2D eigenvalue weighted by Gasteiger charge is 2.30. The number of aliphatic carboxylic acids is 1. The summed E-state index contributed by atoms with van der Waals surface area (Å²) in [5, 5.41) is 23.2. The number of benzene rings is 3. The smallest absolute Gasteiger partial charge is 0.303 e. The topological polar surface area (TPSA) is 107 Å². The third-order valence-electron chi connectivity index (χ3n) is 8.03. The molecule has 0 heterocycles. The van der Waals surface area contributed by atoms with Crippen molar-refractivity contribution in [2.75, 3.05) is 20.1 Å². The van der Waals surface area contributed by atoms with E-state index in [0.717, 1.165) is 35.2 Å². The van der Waals surface area contributed by atoms with Gasteiger partial charge in [-0.25, -0.2) is 12.8 Å². The van der Waals surface area contributed by atoms with Gasteiger partial charge >= 0.3 is 5.97 Å². The van der Waals surface area contributed by atoms with Crippen LogP contribution in [0.15, 0.2) is 65.6 Å². The van der Waals surface area contributed by atoms with Crippen LogP contribution in [-0.4, -0.2) is 60.7 Å². The number of aliphatic hydroxyl groups is 1. The summed E-state index contributed by atoms with van der Waals surface area (Å²) in [7, 11) is -2.70. The Morgan fingerprint density at radius 3 is 2.36 bits per heavy atom. The van der Waals surface area contributed by atoms with E-state index in [2.05, 4.69) is 43.4 Å². The first kappa shape index (κ1) is 31.8. The second kappa shape index (κ2) is 13.0. The summed E-state index contributed by atoms with van der Waals surface area (Å²) in [5.41, 5.74) is 4.83. The molecule has 3 aromatic rings. The molecular formula is C33H41FN2O5S. The lowest BCUT2D eigenvalue weighted by Gasteiger charge is -2.31. The Morgan fingerprint density at radius 2 is 1.74 bits per heavy atom. The molecule has 1 aliphatic rings. The average Bonchev–Trinajstić information content (AvgIpc) is 3.32. The van der Waals surface area contributed by atoms with Crippen LogP contribution in [0, 0.1) is 18.7 Å². The fourth-order valence-corrected chi connectivity index (χ4v) is 7.12. The van der Waals surface area contributed by atoms with Crippen molar-refractivity contribution >= 4 is 16.0 Å². The minimum Gasteiger partial charge on any atom is -0.481 e. The van der Waals surface area contributed by atoms with Crippen LogP contribution in [0.4, 0.5) is 4.39 Å². The maximum Gasteiger partial charge on any atom is 0.303 e. The van der Waals surface area contributed by atoms with Crippen molar-refractivity contribution in [3.63, 3.8) is 0 Å². The maximum absolute atomic E-state index is 15.3. The maximum atomic E-state index is 15.3. The van der Waals surface area contributed by atoms with Gasteiger partial charge in [0.1, 0.15) is 5.82 Å². The molecule has 226 valence electrons. The molecule has 0 bridgehead atoms. The number of hydrogen-bond acceptors (Lipinski definition) is 5. The van der Waals surface area contributed by atoms with E-state index < -0.39 is 27.9 Å². The standard InChI is InChI=1S/C33H41FN2O5S/c1-22-9-10-24(11-14-32(38)39)30(15-22)29-13-12-28(18-31(29)34)42(40,41)36(4)21-27(37)20-35-33(2,3)19-23-16-25-7-5-6-8-26(25)17-23/h5-10,12-13,15,18,23,27,35,37H,11,14,16-17,19-21H2,1-4H3,(H,38,39). The summed E-state index contributed by atoms with van der Waals surface area (Å²) in [4.78, 5) is 10.9. The molecule has 0 spiro atoms. The van der Waals surface area contributed by atoms with Gasteiger partial charge < -0.3 is 15.5 Å². The van der Waals surface area contributed by atoms with E-state index in [1.165, 1.54) is 30.3 Å². The molecule has 1 aliphatic carbocycles. The monoisotopic (exact) mass is 596 g/mol. The molecule has 0 saturated carbocycles. The zero-order valence-corrected chi connectivity index (χ0v) is 25.5. The normalized spacial score (nSPS) is 14.7. The fourth-order valence-electron chi connectivity index (χ4n) is 5.90. The van der Waals surface area contributed by atoms with Crippen LogP contribution >= 0.6 is 0 Å². The van der Waals surface area contributed by atoms with Crippen molar-refractivity contribution < 1.29 is 27.8 Å². The van der Waals surface area contributed by atoms with Crippen LogP contribution < -0.4 is 5.32 Å². The van der Waals surface area contributed by atoms with E-state index in [1.54, 1.807) is 12.1 Å². The summed E-state index contributed by atoms with van der Waals surface area (Å²) >= 11 is 0. The molecule has 1 unspecified atom stereocenters. The number of aliphatic hydroxyl groups excluding tert-OH is 1. The Morgan fingerprint density at radius 1 is 1.07 bits per heavy atom. The van der Waals surface area contributed by atoms with Gasteiger partial charge in [0.15, 0.2) is 0 Å². The quantitative estimate of drug-likeness (QED) is 0.257. The van der Waals surface area contributed by atoms with E-state index in [0.29, 0.717) is 17.0 Å². The van der Waals surface area contributed by atoms with E-state index >= 15 is 4.39 Å². The molecule has 0 amide bonds. The van der Waals surface area contributed by atoms with Gasteiger partial charge in [0.05, 0.1) is 11.0 Å². The van der Waals surface area contributed by atoms with Crippen molar-refractivity contribution in [1.29, 1.82) is 0 Å². The number of hydrogen-bond donors (Lipinski definition) is 3. The zero-order chi connectivity index (χ0) is 30.7. The summed E-state index contributed by atoms with van der Waals surface area (Å²) in [6, 6.07) is 17.6. The third kappa shape index (κ3) is 7.83. The van der Waals surface area contributed by atoms with Gasteiger partial charge in [-0.05, 0) is 86.8 Å². The number of halogens is 1. The Bertz CT molecular complexity index is 1510. The molecule has 42 heavy (non-hydrogen) atoms. The number of aryl methyl sites for hydroxylation is 2.